The highest BCUT2D eigenvalue weighted by Crippen LogP contribution is 2.24. The van der Waals surface area contributed by atoms with Crippen molar-refractivity contribution in [3.8, 4) is 11.3 Å². The zero-order chi connectivity index (χ0) is 20.9. The summed E-state index contributed by atoms with van der Waals surface area (Å²) in [6, 6.07) is 24.7. The molecular formula is C23H16N4O3. The van der Waals surface area contributed by atoms with Gasteiger partial charge in [-0.15, -0.1) is 0 Å². The molecule has 0 radical (unpaired) electrons. The van der Waals surface area contributed by atoms with Crippen molar-refractivity contribution in [2.45, 2.75) is 0 Å². The van der Waals surface area contributed by atoms with Gasteiger partial charge in [-0.1, -0.05) is 60.7 Å². The number of fused-ring (bicyclic) bond motifs is 1. The molecular weight excluding hydrogens is 380 g/mol. The molecule has 0 atom stereocenters. The second kappa shape index (κ2) is 8.32. The minimum atomic E-state index is -0.482. The van der Waals surface area contributed by atoms with Gasteiger partial charge in [0.1, 0.15) is 0 Å². The maximum absolute atomic E-state index is 12.8. The number of benzene rings is 3. The van der Waals surface area contributed by atoms with Crippen molar-refractivity contribution >= 4 is 28.7 Å². The summed E-state index contributed by atoms with van der Waals surface area (Å²) in [5, 5.41) is 15.5. The van der Waals surface area contributed by atoms with Crippen molar-refractivity contribution in [3.63, 3.8) is 0 Å². The van der Waals surface area contributed by atoms with Crippen molar-refractivity contribution in [1.29, 1.82) is 0 Å². The van der Waals surface area contributed by atoms with Crippen LogP contribution >= 0.6 is 0 Å². The van der Waals surface area contributed by atoms with Crippen LogP contribution in [0.1, 0.15) is 15.9 Å². The first-order valence-corrected chi connectivity index (χ1v) is 9.15. The van der Waals surface area contributed by atoms with Crippen LogP contribution < -0.4 is 5.43 Å². The van der Waals surface area contributed by atoms with E-state index in [0.29, 0.717) is 27.7 Å². The van der Waals surface area contributed by atoms with E-state index >= 15 is 0 Å². The molecule has 0 unspecified atom stereocenters. The number of para-hydroxylation sites is 1. The molecule has 0 saturated carbocycles. The number of nitrogens with zero attached hydrogens (tertiary/aromatic N) is 3. The molecule has 1 aromatic heterocycles. The Morgan fingerprint density at radius 2 is 1.73 bits per heavy atom. The maximum atomic E-state index is 12.8. The largest absolute Gasteiger partial charge is 0.272 e. The molecule has 4 aromatic rings. The number of carbonyl (C=O) groups excluding carboxylic acids is 1. The number of pyridine rings is 1. The van der Waals surface area contributed by atoms with Crippen LogP contribution in [-0.4, -0.2) is 22.0 Å². The van der Waals surface area contributed by atoms with Gasteiger partial charge >= 0.3 is 0 Å². The fourth-order valence-corrected chi connectivity index (χ4v) is 3.06. The molecule has 1 amide bonds. The van der Waals surface area contributed by atoms with Gasteiger partial charge in [-0.05, 0) is 12.1 Å². The van der Waals surface area contributed by atoms with Crippen molar-refractivity contribution < 1.29 is 9.72 Å². The third-order valence-corrected chi connectivity index (χ3v) is 4.49. The second-order valence-electron chi connectivity index (χ2n) is 6.49. The molecule has 0 spiro atoms. The number of aromatic nitrogens is 1. The fraction of sp³-hybridized carbons (Fsp3) is 0. The highest BCUT2D eigenvalue weighted by Gasteiger charge is 2.13. The lowest BCUT2D eigenvalue weighted by Crippen LogP contribution is -2.18. The monoisotopic (exact) mass is 396 g/mol. The lowest BCUT2D eigenvalue weighted by Gasteiger charge is -2.09. The van der Waals surface area contributed by atoms with Crippen LogP contribution in [0, 0.1) is 10.1 Å². The normalized spacial score (nSPS) is 10.9. The van der Waals surface area contributed by atoms with Gasteiger partial charge in [0.15, 0.2) is 0 Å². The minimum absolute atomic E-state index is 0.0436. The Bertz CT molecular complexity index is 1270. The molecule has 0 aliphatic carbocycles. The summed E-state index contributed by atoms with van der Waals surface area (Å²) in [5.74, 6) is -0.396. The molecule has 30 heavy (non-hydrogen) atoms. The number of hydrazone groups is 1. The van der Waals surface area contributed by atoms with Gasteiger partial charge in [-0.3, -0.25) is 14.9 Å². The van der Waals surface area contributed by atoms with Gasteiger partial charge < -0.3 is 0 Å². The number of rotatable bonds is 5. The molecule has 0 aliphatic heterocycles. The van der Waals surface area contributed by atoms with E-state index < -0.39 is 10.8 Å². The molecule has 1 heterocycles. The minimum Gasteiger partial charge on any atom is -0.267 e. The molecule has 1 N–H and O–H groups in total. The predicted molar refractivity (Wildman–Crippen MR) is 115 cm³/mol. The van der Waals surface area contributed by atoms with Crippen molar-refractivity contribution in [1.82, 2.24) is 10.4 Å². The van der Waals surface area contributed by atoms with Crippen LogP contribution in [0.5, 0.6) is 0 Å². The molecule has 7 heteroatoms. The molecule has 3 aromatic carbocycles. The van der Waals surface area contributed by atoms with Gasteiger partial charge in [0.2, 0.25) is 0 Å². The Morgan fingerprint density at radius 3 is 2.53 bits per heavy atom. The fourth-order valence-electron chi connectivity index (χ4n) is 3.06. The van der Waals surface area contributed by atoms with E-state index in [-0.39, 0.29) is 5.69 Å². The average molecular weight is 396 g/mol. The molecule has 0 fully saturated rings. The Labute approximate surface area is 171 Å². The van der Waals surface area contributed by atoms with Crippen molar-refractivity contribution in [2.75, 3.05) is 0 Å². The lowest BCUT2D eigenvalue weighted by molar-refractivity contribution is -0.384. The van der Waals surface area contributed by atoms with E-state index in [1.54, 1.807) is 18.2 Å². The zero-order valence-corrected chi connectivity index (χ0v) is 15.7. The highest BCUT2D eigenvalue weighted by molar-refractivity contribution is 6.07. The Morgan fingerprint density at radius 1 is 0.967 bits per heavy atom. The highest BCUT2D eigenvalue weighted by atomic mass is 16.6. The maximum Gasteiger partial charge on any atom is 0.272 e. The molecule has 0 aliphatic rings. The van der Waals surface area contributed by atoms with Crippen LogP contribution in [0.4, 0.5) is 5.69 Å². The van der Waals surface area contributed by atoms with Crippen LogP contribution in [0.15, 0.2) is 90.0 Å². The number of carbonyl (C=O) groups is 1. The standard InChI is InChI=1S/C23H16N4O3/c28-23(26-24-15-16-7-6-10-18(13-16)27(29)30)20-14-22(17-8-2-1-3-9-17)25-21-12-5-4-11-19(20)21/h1-15H,(H,26,28)/b24-15-. The van der Waals surface area contributed by atoms with E-state index in [1.807, 2.05) is 54.6 Å². The number of non-ortho nitro benzene ring substituents is 1. The average Bonchev–Trinajstić information content (AvgIpc) is 2.79. The topological polar surface area (TPSA) is 97.5 Å². The Kier molecular flexibility index (Phi) is 5.25. The summed E-state index contributed by atoms with van der Waals surface area (Å²) < 4.78 is 0. The molecule has 4 rings (SSSR count). The third-order valence-electron chi connectivity index (χ3n) is 4.49. The SMILES string of the molecule is O=C(N/N=C\c1cccc([N+](=O)[O-])c1)c1cc(-c2ccccc2)nc2ccccc12. The van der Waals surface area contributed by atoms with Crippen LogP contribution in [0.3, 0.4) is 0 Å². The number of nitro groups is 1. The first-order valence-electron chi connectivity index (χ1n) is 9.15. The number of hydrogen-bond acceptors (Lipinski definition) is 5. The van der Waals surface area contributed by atoms with Gasteiger partial charge in [-0.25, -0.2) is 10.4 Å². The van der Waals surface area contributed by atoms with Crippen LogP contribution in [0.25, 0.3) is 22.2 Å². The Hall–Kier alpha value is -4.39. The van der Waals surface area contributed by atoms with Crippen LogP contribution in [-0.2, 0) is 0 Å². The van der Waals surface area contributed by atoms with Crippen LogP contribution in [0.2, 0.25) is 0 Å². The van der Waals surface area contributed by atoms with Gasteiger partial charge in [0, 0.05) is 28.6 Å². The van der Waals surface area contributed by atoms with E-state index in [9.17, 15) is 14.9 Å². The summed E-state index contributed by atoms with van der Waals surface area (Å²) in [5.41, 5.74) is 5.69. The summed E-state index contributed by atoms with van der Waals surface area (Å²) in [6.07, 6.45) is 1.37. The number of amides is 1. The van der Waals surface area contributed by atoms with E-state index in [2.05, 4.69) is 15.5 Å². The number of nitrogens with one attached hydrogen (secondary N) is 1. The van der Waals surface area contributed by atoms with E-state index in [1.165, 1.54) is 18.3 Å². The quantitative estimate of drug-likeness (QED) is 0.303. The summed E-state index contributed by atoms with van der Waals surface area (Å²) in [6.45, 7) is 0. The number of hydrogen-bond donors (Lipinski definition) is 1. The summed E-state index contributed by atoms with van der Waals surface area (Å²) in [4.78, 5) is 27.9. The molecule has 0 bridgehead atoms. The second-order valence-corrected chi connectivity index (χ2v) is 6.49. The third kappa shape index (κ3) is 4.05. The lowest BCUT2D eigenvalue weighted by atomic mass is 10.0. The van der Waals surface area contributed by atoms with Gasteiger partial charge in [0.05, 0.1) is 27.9 Å². The van der Waals surface area contributed by atoms with Crippen molar-refractivity contribution in [2.24, 2.45) is 5.10 Å². The van der Waals surface area contributed by atoms with Crippen molar-refractivity contribution in [3.05, 3.63) is 106 Å². The van der Waals surface area contributed by atoms with E-state index in [0.717, 1.165) is 5.56 Å². The first kappa shape index (κ1) is 18.9. The molecule has 7 nitrogen and oxygen atoms in total. The van der Waals surface area contributed by atoms with E-state index in [4.69, 9.17) is 0 Å². The van der Waals surface area contributed by atoms with Gasteiger partial charge in [0.25, 0.3) is 11.6 Å². The smallest absolute Gasteiger partial charge is 0.267 e. The molecule has 146 valence electrons. The first-order chi connectivity index (χ1) is 14.6. The van der Waals surface area contributed by atoms with Gasteiger partial charge in [-0.2, -0.15) is 5.10 Å². The summed E-state index contributed by atoms with van der Waals surface area (Å²) >= 11 is 0. The zero-order valence-electron chi connectivity index (χ0n) is 15.7. The summed E-state index contributed by atoms with van der Waals surface area (Å²) in [7, 11) is 0. The molecule has 0 saturated heterocycles. The number of nitro benzene ring substituents is 1. The predicted octanol–water partition coefficient (Wildman–Crippen LogP) is 4.57. The Balaban J connectivity index is 1.64.